The fourth-order valence-electron chi connectivity index (χ4n) is 3.49. The largest absolute Gasteiger partial charge is 0.472 e. The standard InChI is InChI=1S/C26H56NO7PS/c1-6-7-8-9-10-11-12-13-14-15-16-17-18-19-22-36-34-24-26(31-25-30-5)23-33-35(28,29)32-21-20-27(2,3)4/h26H,6-25H2,1-5H3/p+1. The maximum Gasteiger partial charge on any atom is 0.472 e. The molecule has 0 aromatic carbocycles. The third-order valence-corrected chi connectivity index (χ3v) is 7.52. The summed E-state index contributed by atoms with van der Waals surface area (Å²) in [5, 5.41) is 0. The minimum Gasteiger partial charge on any atom is -0.359 e. The van der Waals surface area contributed by atoms with Gasteiger partial charge in [-0.15, -0.1) is 0 Å². The summed E-state index contributed by atoms with van der Waals surface area (Å²) < 4.78 is 38.9. The lowest BCUT2D eigenvalue weighted by Gasteiger charge is -2.24. The predicted molar refractivity (Wildman–Crippen MR) is 150 cm³/mol. The molecule has 0 saturated heterocycles. The molecule has 0 amide bonds. The molecule has 0 bridgehead atoms. The Labute approximate surface area is 226 Å². The second-order valence-electron chi connectivity index (χ2n) is 10.5. The molecule has 36 heavy (non-hydrogen) atoms. The molecular weight excluding hydrogens is 501 g/mol. The lowest BCUT2D eigenvalue weighted by atomic mass is 10.0. The van der Waals surface area contributed by atoms with E-state index in [1.165, 1.54) is 103 Å². The van der Waals surface area contributed by atoms with E-state index in [-0.39, 0.29) is 26.6 Å². The Hall–Kier alpha value is 0.300. The molecule has 2 unspecified atom stereocenters. The Morgan fingerprint density at radius 3 is 1.83 bits per heavy atom. The normalized spacial score (nSPS) is 14.7. The van der Waals surface area contributed by atoms with Crippen LogP contribution < -0.4 is 0 Å². The van der Waals surface area contributed by atoms with Crippen molar-refractivity contribution < 1.29 is 36.6 Å². The molecule has 0 aliphatic carbocycles. The number of phosphoric acid groups is 1. The number of nitrogens with zero attached hydrogens (tertiary/aromatic N) is 1. The van der Waals surface area contributed by atoms with Crippen molar-refractivity contribution in [1.29, 1.82) is 0 Å². The Morgan fingerprint density at radius 1 is 0.806 bits per heavy atom. The maximum atomic E-state index is 12.1. The Balaban J connectivity index is 3.71. The first-order valence-corrected chi connectivity index (χ1v) is 16.4. The van der Waals surface area contributed by atoms with Crippen molar-refractivity contribution in [2.45, 2.75) is 103 Å². The number of hydrogen-bond acceptors (Lipinski definition) is 7. The summed E-state index contributed by atoms with van der Waals surface area (Å²) in [6.45, 7) is 3.18. The number of methoxy groups -OCH3 is 1. The number of hydrogen-bond donors (Lipinski definition) is 1. The monoisotopic (exact) mass is 558 g/mol. The van der Waals surface area contributed by atoms with Crippen molar-refractivity contribution in [3.63, 3.8) is 0 Å². The number of likely N-dealkylation sites (N-methyl/N-ethyl adjacent to an activating group) is 1. The van der Waals surface area contributed by atoms with E-state index in [9.17, 15) is 9.46 Å². The topological polar surface area (TPSA) is 83.5 Å². The first kappa shape index (κ1) is 36.3. The van der Waals surface area contributed by atoms with Crippen molar-refractivity contribution in [2.75, 3.05) is 67.2 Å². The van der Waals surface area contributed by atoms with Gasteiger partial charge in [-0.1, -0.05) is 90.4 Å². The molecule has 0 aliphatic heterocycles. The first-order valence-electron chi connectivity index (χ1n) is 14.0. The summed E-state index contributed by atoms with van der Waals surface area (Å²) in [5.41, 5.74) is 0. The van der Waals surface area contributed by atoms with Gasteiger partial charge in [0.05, 0.1) is 34.4 Å². The molecule has 0 radical (unpaired) electrons. The third-order valence-electron chi connectivity index (χ3n) is 5.78. The van der Waals surface area contributed by atoms with Gasteiger partial charge in [-0.05, 0) is 18.5 Å². The van der Waals surface area contributed by atoms with Gasteiger partial charge in [-0.2, -0.15) is 0 Å². The Kier molecular flexibility index (Phi) is 24.6. The smallest absolute Gasteiger partial charge is 0.359 e. The number of ether oxygens (including phenoxy) is 2. The maximum absolute atomic E-state index is 12.1. The summed E-state index contributed by atoms with van der Waals surface area (Å²) in [6, 6.07) is 0. The van der Waals surface area contributed by atoms with Crippen LogP contribution in [0.4, 0.5) is 0 Å². The zero-order valence-corrected chi connectivity index (χ0v) is 25.6. The number of unbranched alkanes of at least 4 members (excludes halogenated alkanes) is 13. The molecule has 0 aliphatic rings. The molecule has 0 heterocycles. The fraction of sp³-hybridized carbons (Fsp3) is 1.00. The molecule has 0 rings (SSSR count). The van der Waals surface area contributed by atoms with Gasteiger partial charge >= 0.3 is 7.82 Å². The molecule has 8 nitrogen and oxygen atoms in total. The van der Waals surface area contributed by atoms with E-state index in [2.05, 4.69) is 6.92 Å². The molecule has 0 spiro atoms. The lowest BCUT2D eigenvalue weighted by molar-refractivity contribution is -0.870. The van der Waals surface area contributed by atoms with Gasteiger partial charge in [-0.3, -0.25) is 9.05 Å². The average Bonchev–Trinajstić information content (AvgIpc) is 2.81. The molecule has 0 saturated carbocycles. The van der Waals surface area contributed by atoms with E-state index in [1.807, 2.05) is 21.1 Å². The third kappa shape index (κ3) is 27.3. The van der Waals surface area contributed by atoms with Gasteiger partial charge in [0, 0.05) is 12.9 Å². The second-order valence-corrected chi connectivity index (χ2v) is 12.8. The van der Waals surface area contributed by atoms with E-state index in [4.69, 9.17) is 22.7 Å². The van der Waals surface area contributed by atoms with E-state index < -0.39 is 13.9 Å². The van der Waals surface area contributed by atoms with Crippen LogP contribution in [0.25, 0.3) is 0 Å². The van der Waals surface area contributed by atoms with Gasteiger partial charge < -0.3 is 23.0 Å². The Bertz CT molecular complexity index is 523. The van der Waals surface area contributed by atoms with Crippen molar-refractivity contribution in [1.82, 2.24) is 0 Å². The first-order chi connectivity index (χ1) is 17.2. The summed E-state index contributed by atoms with van der Waals surface area (Å²) in [5.74, 6) is 0.919. The highest BCUT2D eigenvalue weighted by molar-refractivity contribution is 7.94. The molecule has 0 aromatic heterocycles. The van der Waals surface area contributed by atoms with Crippen LogP contribution in [0.5, 0.6) is 0 Å². The quantitative estimate of drug-likeness (QED) is 0.0363. The van der Waals surface area contributed by atoms with Crippen molar-refractivity contribution in [2.24, 2.45) is 0 Å². The van der Waals surface area contributed by atoms with Crippen LogP contribution in [0.3, 0.4) is 0 Å². The highest BCUT2D eigenvalue weighted by atomic mass is 32.2. The minimum atomic E-state index is -4.14. The van der Waals surface area contributed by atoms with E-state index in [0.29, 0.717) is 11.0 Å². The molecule has 10 heteroatoms. The lowest BCUT2D eigenvalue weighted by Crippen LogP contribution is -2.37. The van der Waals surface area contributed by atoms with E-state index in [0.717, 1.165) is 12.2 Å². The SMILES string of the molecule is CCCCCCCCCCCCCCCCSOCC(COP(=O)(O)OCC[N+](C)(C)C)OCOC. The zero-order valence-electron chi connectivity index (χ0n) is 23.9. The molecule has 2 atom stereocenters. The number of phosphoric ester groups is 1. The van der Waals surface area contributed by atoms with Gasteiger partial charge in [0.2, 0.25) is 0 Å². The molecule has 0 aromatic rings. The van der Waals surface area contributed by atoms with Crippen LogP contribution in [0.1, 0.15) is 96.8 Å². The predicted octanol–water partition coefficient (Wildman–Crippen LogP) is 6.96. The summed E-state index contributed by atoms with van der Waals surface area (Å²) in [6.07, 6.45) is 18.3. The number of quaternary nitrogens is 1. The summed E-state index contributed by atoms with van der Waals surface area (Å²) in [7, 11) is 3.33. The Morgan fingerprint density at radius 2 is 1.33 bits per heavy atom. The zero-order chi connectivity index (χ0) is 27.0. The fourth-order valence-corrected chi connectivity index (χ4v) is 4.92. The molecule has 218 valence electrons. The summed E-state index contributed by atoms with van der Waals surface area (Å²) >= 11 is 1.41. The van der Waals surface area contributed by atoms with Gasteiger partial charge in [0.15, 0.2) is 0 Å². The highest BCUT2D eigenvalue weighted by Crippen LogP contribution is 2.43. The summed E-state index contributed by atoms with van der Waals surface area (Å²) in [4.78, 5) is 9.88. The van der Waals surface area contributed by atoms with Crippen molar-refractivity contribution >= 4 is 19.9 Å². The van der Waals surface area contributed by atoms with Crippen molar-refractivity contribution in [3.8, 4) is 0 Å². The van der Waals surface area contributed by atoms with E-state index in [1.54, 1.807) is 0 Å². The van der Waals surface area contributed by atoms with Crippen LogP contribution in [0.2, 0.25) is 0 Å². The highest BCUT2D eigenvalue weighted by Gasteiger charge is 2.25. The average molecular weight is 559 g/mol. The minimum absolute atomic E-state index is 0.0547. The van der Waals surface area contributed by atoms with Crippen LogP contribution in [0.15, 0.2) is 0 Å². The van der Waals surface area contributed by atoms with Crippen LogP contribution in [-0.4, -0.2) is 82.6 Å². The van der Waals surface area contributed by atoms with E-state index >= 15 is 0 Å². The van der Waals surface area contributed by atoms with Crippen LogP contribution in [-0.2, 0) is 27.3 Å². The van der Waals surface area contributed by atoms with Crippen molar-refractivity contribution in [3.05, 3.63) is 0 Å². The number of rotatable bonds is 28. The van der Waals surface area contributed by atoms with Crippen LogP contribution >= 0.6 is 19.9 Å². The van der Waals surface area contributed by atoms with Crippen LogP contribution in [0, 0.1) is 0 Å². The van der Waals surface area contributed by atoms with Gasteiger partial charge in [0.1, 0.15) is 26.0 Å². The molecular formula is C26H57NO7PS+. The van der Waals surface area contributed by atoms with Gasteiger partial charge in [-0.25, -0.2) is 4.57 Å². The second kappa shape index (κ2) is 24.3. The van der Waals surface area contributed by atoms with Gasteiger partial charge in [0.25, 0.3) is 0 Å². The molecule has 1 N–H and O–H groups in total. The molecule has 0 fully saturated rings.